The molecule has 0 spiro atoms. The van der Waals surface area contributed by atoms with Gasteiger partial charge in [0.05, 0.1) is 5.69 Å². The number of nitrogens with one attached hydrogen (secondary N) is 1. The van der Waals surface area contributed by atoms with E-state index in [9.17, 15) is 0 Å². The number of rotatable bonds is 1. The van der Waals surface area contributed by atoms with Crippen molar-refractivity contribution in [2.24, 2.45) is 0 Å². The molecule has 3 N–H and O–H groups in total. The molecule has 0 atom stereocenters. The quantitative estimate of drug-likeness (QED) is 0.821. The lowest BCUT2D eigenvalue weighted by Crippen LogP contribution is -2.07. The van der Waals surface area contributed by atoms with Crippen LogP contribution in [0.15, 0.2) is 24.3 Å². The molecule has 0 amide bonds. The highest BCUT2D eigenvalue weighted by Gasteiger charge is 2.16. The highest BCUT2D eigenvalue weighted by atomic mass is 15.1. The zero-order valence-electron chi connectivity index (χ0n) is 11.1. The van der Waals surface area contributed by atoms with E-state index in [0.29, 0.717) is 5.95 Å². The Kier molecular flexibility index (Phi) is 3.07. The second kappa shape index (κ2) is 4.88. The Labute approximate surface area is 113 Å². The Hall–Kier alpha value is -2.10. The summed E-state index contributed by atoms with van der Waals surface area (Å²) in [5, 5.41) is 3.36. The monoisotopic (exact) mass is 254 g/mol. The summed E-state index contributed by atoms with van der Waals surface area (Å²) in [5.41, 5.74) is 10.4. The Bertz CT molecular complexity index is 590. The van der Waals surface area contributed by atoms with Gasteiger partial charge in [0.25, 0.3) is 0 Å². The second-order valence-corrected chi connectivity index (χ2v) is 5.01. The molecular weight excluding hydrogens is 236 g/mol. The molecule has 0 radical (unpaired) electrons. The maximum Gasteiger partial charge on any atom is 0.222 e. The molecule has 4 heteroatoms. The molecule has 3 rings (SSSR count). The van der Waals surface area contributed by atoms with Gasteiger partial charge in [0.2, 0.25) is 5.95 Å². The second-order valence-electron chi connectivity index (χ2n) is 5.01. The van der Waals surface area contributed by atoms with Crippen molar-refractivity contribution >= 4 is 11.8 Å². The van der Waals surface area contributed by atoms with Crippen LogP contribution in [0.4, 0.5) is 11.8 Å². The number of hydrogen-bond acceptors (Lipinski definition) is 4. The van der Waals surface area contributed by atoms with Crippen molar-refractivity contribution in [1.82, 2.24) is 9.97 Å². The number of aryl methyl sites for hydroxylation is 1. The molecule has 0 saturated heterocycles. The van der Waals surface area contributed by atoms with Crippen LogP contribution >= 0.6 is 0 Å². The first-order chi connectivity index (χ1) is 9.24. The molecule has 1 aliphatic rings. The van der Waals surface area contributed by atoms with Crippen molar-refractivity contribution < 1.29 is 0 Å². The van der Waals surface area contributed by atoms with E-state index in [0.717, 1.165) is 42.9 Å². The maximum absolute atomic E-state index is 5.84. The van der Waals surface area contributed by atoms with Crippen LogP contribution < -0.4 is 11.1 Å². The summed E-state index contributed by atoms with van der Waals surface area (Å²) in [4.78, 5) is 8.79. The Morgan fingerprint density at radius 2 is 1.89 bits per heavy atom. The summed E-state index contributed by atoms with van der Waals surface area (Å²) in [6.45, 7) is 3.04. The van der Waals surface area contributed by atoms with Gasteiger partial charge in [0.1, 0.15) is 5.82 Å². The number of nitrogens with zero attached hydrogens (tertiary/aromatic N) is 2. The van der Waals surface area contributed by atoms with E-state index >= 15 is 0 Å². The minimum Gasteiger partial charge on any atom is -0.370 e. The van der Waals surface area contributed by atoms with Gasteiger partial charge in [-0.3, -0.25) is 0 Å². The van der Waals surface area contributed by atoms with E-state index in [1.165, 1.54) is 11.1 Å². The van der Waals surface area contributed by atoms with E-state index in [2.05, 4.69) is 46.5 Å². The summed E-state index contributed by atoms with van der Waals surface area (Å²) in [6, 6.07) is 8.40. The lowest BCUT2D eigenvalue weighted by atomic mass is 10.0. The lowest BCUT2D eigenvalue weighted by molar-refractivity contribution is 0.785. The van der Waals surface area contributed by atoms with Crippen LogP contribution in [0.3, 0.4) is 0 Å². The van der Waals surface area contributed by atoms with Crippen molar-refractivity contribution in [3.05, 3.63) is 35.4 Å². The van der Waals surface area contributed by atoms with E-state index < -0.39 is 0 Å². The van der Waals surface area contributed by atoms with Crippen LogP contribution in [0.2, 0.25) is 0 Å². The summed E-state index contributed by atoms with van der Waals surface area (Å²) in [6.07, 6.45) is 3.32. The van der Waals surface area contributed by atoms with Crippen molar-refractivity contribution in [3.63, 3.8) is 0 Å². The third kappa shape index (κ3) is 2.38. The standard InChI is InChI=1S/C15H18N4/c1-10-5-7-11(8-6-10)13-12-4-2-3-9-17-14(12)19-15(16)18-13/h5-8H,2-4,9H2,1H3,(H3,16,17,18,19). The van der Waals surface area contributed by atoms with Gasteiger partial charge in [0.15, 0.2) is 0 Å². The first kappa shape index (κ1) is 12.0. The summed E-state index contributed by atoms with van der Waals surface area (Å²) in [5.74, 6) is 1.24. The van der Waals surface area contributed by atoms with Crippen molar-refractivity contribution in [2.75, 3.05) is 17.6 Å². The molecule has 0 bridgehead atoms. The number of nitrogens with two attached hydrogens (primary N) is 1. The molecular formula is C15H18N4. The highest BCUT2D eigenvalue weighted by Crippen LogP contribution is 2.30. The first-order valence-electron chi connectivity index (χ1n) is 6.71. The van der Waals surface area contributed by atoms with Crippen LogP contribution in [0, 0.1) is 6.92 Å². The first-order valence-corrected chi connectivity index (χ1v) is 6.71. The molecule has 0 aliphatic carbocycles. The molecule has 1 aliphatic heterocycles. The van der Waals surface area contributed by atoms with Crippen LogP contribution in [0.25, 0.3) is 11.3 Å². The number of hydrogen-bond donors (Lipinski definition) is 2. The van der Waals surface area contributed by atoms with Crippen LogP contribution in [-0.4, -0.2) is 16.5 Å². The van der Waals surface area contributed by atoms with E-state index in [1.807, 2.05) is 0 Å². The SMILES string of the molecule is Cc1ccc(-c2nc(N)nc3c2CCCCN3)cc1. The van der Waals surface area contributed by atoms with Gasteiger partial charge in [-0.25, -0.2) is 4.98 Å². The lowest BCUT2D eigenvalue weighted by Gasteiger charge is -2.12. The molecule has 0 unspecified atom stereocenters. The van der Waals surface area contributed by atoms with Crippen molar-refractivity contribution in [3.8, 4) is 11.3 Å². The van der Waals surface area contributed by atoms with Gasteiger partial charge in [0, 0.05) is 17.7 Å². The third-order valence-electron chi connectivity index (χ3n) is 3.50. The average molecular weight is 254 g/mol. The van der Waals surface area contributed by atoms with Gasteiger partial charge in [-0.05, 0) is 26.2 Å². The van der Waals surface area contributed by atoms with E-state index in [1.54, 1.807) is 0 Å². The molecule has 1 aromatic carbocycles. The van der Waals surface area contributed by atoms with Crippen molar-refractivity contribution in [2.45, 2.75) is 26.2 Å². The zero-order chi connectivity index (χ0) is 13.2. The fraction of sp³-hybridized carbons (Fsp3) is 0.333. The minimum absolute atomic E-state index is 0.337. The number of anilines is 2. The summed E-state index contributed by atoms with van der Waals surface area (Å²) in [7, 11) is 0. The van der Waals surface area contributed by atoms with Gasteiger partial charge in [-0.15, -0.1) is 0 Å². The van der Waals surface area contributed by atoms with Gasteiger partial charge in [-0.1, -0.05) is 29.8 Å². The fourth-order valence-electron chi connectivity index (χ4n) is 2.47. The molecule has 2 aromatic rings. The van der Waals surface area contributed by atoms with Crippen LogP contribution in [0.1, 0.15) is 24.0 Å². The number of fused-ring (bicyclic) bond motifs is 1. The Morgan fingerprint density at radius 1 is 1.11 bits per heavy atom. The van der Waals surface area contributed by atoms with Crippen LogP contribution in [-0.2, 0) is 6.42 Å². The normalized spacial score (nSPS) is 14.4. The minimum atomic E-state index is 0.337. The zero-order valence-corrected chi connectivity index (χ0v) is 11.1. The fourth-order valence-corrected chi connectivity index (χ4v) is 2.47. The number of aromatic nitrogens is 2. The average Bonchev–Trinajstić information content (AvgIpc) is 2.64. The smallest absolute Gasteiger partial charge is 0.222 e. The van der Waals surface area contributed by atoms with E-state index in [-0.39, 0.29) is 0 Å². The summed E-state index contributed by atoms with van der Waals surface area (Å²) >= 11 is 0. The maximum atomic E-state index is 5.84. The molecule has 4 nitrogen and oxygen atoms in total. The molecule has 0 fully saturated rings. The summed E-state index contributed by atoms with van der Waals surface area (Å²) < 4.78 is 0. The Morgan fingerprint density at radius 3 is 2.68 bits per heavy atom. The van der Waals surface area contributed by atoms with Crippen LogP contribution in [0.5, 0.6) is 0 Å². The predicted molar refractivity (Wildman–Crippen MR) is 78.0 cm³/mol. The largest absolute Gasteiger partial charge is 0.370 e. The molecule has 0 saturated carbocycles. The molecule has 1 aromatic heterocycles. The third-order valence-corrected chi connectivity index (χ3v) is 3.50. The van der Waals surface area contributed by atoms with Gasteiger partial charge in [-0.2, -0.15) is 4.98 Å². The molecule has 19 heavy (non-hydrogen) atoms. The van der Waals surface area contributed by atoms with E-state index in [4.69, 9.17) is 5.73 Å². The molecule has 98 valence electrons. The predicted octanol–water partition coefficient (Wildman–Crippen LogP) is 2.78. The number of benzene rings is 1. The van der Waals surface area contributed by atoms with Gasteiger partial charge < -0.3 is 11.1 Å². The van der Waals surface area contributed by atoms with Crippen molar-refractivity contribution in [1.29, 1.82) is 0 Å². The highest BCUT2D eigenvalue weighted by molar-refractivity contribution is 5.70. The molecule has 2 heterocycles. The number of nitrogen functional groups attached to an aromatic ring is 1. The topological polar surface area (TPSA) is 63.8 Å². The Balaban J connectivity index is 2.14. The van der Waals surface area contributed by atoms with Gasteiger partial charge >= 0.3 is 0 Å².